The topological polar surface area (TPSA) is 59.8 Å². The number of carbonyl (C=O) groups excluding carboxylic acids is 1. The van der Waals surface area contributed by atoms with Crippen molar-refractivity contribution in [1.82, 2.24) is 20.1 Å². The number of rotatable bonds is 6. The maximum absolute atomic E-state index is 11.7. The van der Waals surface area contributed by atoms with Crippen LogP contribution in [-0.2, 0) is 17.3 Å². The van der Waals surface area contributed by atoms with Crippen LogP contribution in [0.2, 0.25) is 0 Å². The van der Waals surface area contributed by atoms with Crippen molar-refractivity contribution in [3.05, 3.63) is 29.8 Å². The van der Waals surface area contributed by atoms with Gasteiger partial charge in [0.2, 0.25) is 5.91 Å². The lowest BCUT2D eigenvalue weighted by Gasteiger charge is -2.19. The van der Waals surface area contributed by atoms with Gasteiger partial charge in [-0.2, -0.15) is 0 Å². The summed E-state index contributed by atoms with van der Waals surface area (Å²) in [5.41, 5.74) is 2.45. The molecule has 2 rings (SSSR count). The summed E-state index contributed by atoms with van der Waals surface area (Å²) in [6, 6.07) is 8.42. The van der Waals surface area contributed by atoms with Gasteiger partial charge in [0, 0.05) is 19.2 Å². The molecule has 1 N–H and O–H groups in total. The molecule has 0 bridgehead atoms. The summed E-state index contributed by atoms with van der Waals surface area (Å²) in [6.45, 7) is 9.34. The molecule has 0 saturated carbocycles. The van der Waals surface area contributed by atoms with Crippen LogP contribution in [0.5, 0.6) is 0 Å². The number of hydrogen-bond acceptors (Lipinski definition) is 4. The second-order valence-electron chi connectivity index (χ2n) is 6.83. The summed E-state index contributed by atoms with van der Waals surface area (Å²) >= 11 is 1.41. The molecular weight excluding hydrogens is 320 g/mol. The molecule has 0 aliphatic carbocycles. The van der Waals surface area contributed by atoms with Crippen LogP contribution >= 0.6 is 11.8 Å². The fourth-order valence-corrected chi connectivity index (χ4v) is 3.00. The van der Waals surface area contributed by atoms with Crippen molar-refractivity contribution >= 4 is 17.7 Å². The van der Waals surface area contributed by atoms with Crippen molar-refractivity contribution in [2.75, 3.05) is 12.3 Å². The molecule has 2 aromatic rings. The van der Waals surface area contributed by atoms with Gasteiger partial charge in [-0.15, -0.1) is 10.2 Å². The highest BCUT2D eigenvalue weighted by Crippen LogP contribution is 2.26. The average molecular weight is 347 g/mol. The zero-order valence-electron chi connectivity index (χ0n) is 15.1. The Bertz CT molecular complexity index is 686. The molecule has 0 spiro atoms. The number of nitrogens with one attached hydrogen (secondary N) is 1. The fraction of sp³-hybridized carbons (Fsp3) is 0.500. The maximum Gasteiger partial charge on any atom is 0.230 e. The second kappa shape index (κ2) is 7.83. The first-order chi connectivity index (χ1) is 11.3. The number of nitrogens with zero attached hydrogens (tertiary/aromatic N) is 3. The summed E-state index contributed by atoms with van der Waals surface area (Å²) in [5.74, 6) is 1.20. The van der Waals surface area contributed by atoms with Gasteiger partial charge in [-0.3, -0.25) is 4.79 Å². The van der Waals surface area contributed by atoms with E-state index in [0.29, 0.717) is 12.3 Å². The SMILES string of the molecule is CCCNC(=O)CSc1nnc(-c2ccc(C(C)(C)C)cc2)n1C. The van der Waals surface area contributed by atoms with E-state index in [1.54, 1.807) is 0 Å². The minimum absolute atomic E-state index is 0.0286. The molecule has 0 atom stereocenters. The van der Waals surface area contributed by atoms with E-state index in [1.807, 2.05) is 18.5 Å². The highest BCUT2D eigenvalue weighted by Gasteiger charge is 2.16. The molecule has 0 aliphatic heterocycles. The fourth-order valence-electron chi connectivity index (χ4n) is 2.26. The zero-order chi connectivity index (χ0) is 17.7. The Kier molecular flexibility index (Phi) is 6.04. The monoisotopic (exact) mass is 346 g/mol. The minimum Gasteiger partial charge on any atom is -0.355 e. The Hall–Kier alpha value is -1.82. The third-order valence-electron chi connectivity index (χ3n) is 3.75. The van der Waals surface area contributed by atoms with E-state index in [1.165, 1.54) is 17.3 Å². The molecule has 1 heterocycles. The smallest absolute Gasteiger partial charge is 0.230 e. The highest BCUT2D eigenvalue weighted by atomic mass is 32.2. The molecule has 0 saturated heterocycles. The summed E-state index contributed by atoms with van der Waals surface area (Å²) in [6.07, 6.45) is 0.940. The molecule has 6 heteroatoms. The van der Waals surface area contributed by atoms with E-state index in [9.17, 15) is 4.79 Å². The van der Waals surface area contributed by atoms with Gasteiger partial charge >= 0.3 is 0 Å². The lowest BCUT2D eigenvalue weighted by molar-refractivity contribution is -0.118. The van der Waals surface area contributed by atoms with E-state index in [0.717, 1.165) is 23.0 Å². The lowest BCUT2D eigenvalue weighted by atomic mass is 9.87. The van der Waals surface area contributed by atoms with Crippen LogP contribution in [0.4, 0.5) is 0 Å². The molecule has 24 heavy (non-hydrogen) atoms. The first-order valence-electron chi connectivity index (χ1n) is 8.22. The van der Waals surface area contributed by atoms with E-state index >= 15 is 0 Å². The van der Waals surface area contributed by atoms with Gasteiger partial charge in [-0.05, 0) is 17.4 Å². The van der Waals surface area contributed by atoms with Crippen LogP contribution in [0.15, 0.2) is 29.4 Å². The number of thioether (sulfide) groups is 1. The quantitative estimate of drug-likeness (QED) is 0.815. The molecule has 0 radical (unpaired) electrons. The molecule has 0 fully saturated rings. The maximum atomic E-state index is 11.7. The Labute approximate surface area is 148 Å². The van der Waals surface area contributed by atoms with Gasteiger partial charge < -0.3 is 9.88 Å². The highest BCUT2D eigenvalue weighted by molar-refractivity contribution is 7.99. The summed E-state index contributed by atoms with van der Waals surface area (Å²) in [5, 5.41) is 12.1. The number of hydrogen-bond donors (Lipinski definition) is 1. The number of aromatic nitrogens is 3. The van der Waals surface area contributed by atoms with Crippen LogP contribution in [0.1, 0.15) is 39.7 Å². The van der Waals surface area contributed by atoms with Gasteiger partial charge in [-0.1, -0.05) is 63.7 Å². The Morgan fingerprint density at radius 3 is 2.46 bits per heavy atom. The van der Waals surface area contributed by atoms with Gasteiger partial charge in [0.05, 0.1) is 5.75 Å². The van der Waals surface area contributed by atoms with Crippen LogP contribution in [0.25, 0.3) is 11.4 Å². The number of benzene rings is 1. The summed E-state index contributed by atoms with van der Waals surface area (Å²) in [7, 11) is 1.93. The van der Waals surface area contributed by atoms with Crippen molar-refractivity contribution in [1.29, 1.82) is 0 Å². The average Bonchev–Trinajstić information content (AvgIpc) is 2.91. The van der Waals surface area contributed by atoms with Gasteiger partial charge in [-0.25, -0.2) is 0 Å². The van der Waals surface area contributed by atoms with Crippen LogP contribution in [-0.4, -0.2) is 33.0 Å². The van der Waals surface area contributed by atoms with Crippen molar-refractivity contribution in [3.63, 3.8) is 0 Å². The first-order valence-corrected chi connectivity index (χ1v) is 9.21. The van der Waals surface area contributed by atoms with E-state index in [4.69, 9.17) is 0 Å². The van der Waals surface area contributed by atoms with Crippen LogP contribution in [0, 0.1) is 0 Å². The van der Waals surface area contributed by atoms with Crippen LogP contribution in [0.3, 0.4) is 0 Å². The number of amides is 1. The normalized spacial score (nSPS) is 11.5. The van der Waals surface area contributed by atoms with E-state index in [2.05, 4.69) is 60.6 Å². The molecule has 5 nitrogen and oxygen atoms in total. The lowest BCUT2D eigenvalue weighted by Crippen LogP contribution is -2.25. The predicted octanol–water partition coefficient (Wildman–Crippen LogP) is 3.40. The first kappa shape index (κ1) is 18.5. The van der Waals surface area contributed by atoms with Crippen molar-refractivity contribution in [2.24, 2.45) is 7.05 Å². The molecule has 1 aromatic heterocycles. The third-order valence-corrected chi connectivity index (χ3v) is 4.77. The van der Waals surface area contributed by atoms with Crippen molar-refractivity contribution in [3.8, 4) is 11.4 Å². The van der Waals surface area contributed by atoms with Gasteiger partial charge in [0.1, 0.15) is 0 Å². The third kappa shape index (κ3) is 4.60. The molecule has 130 valence electrons. The van der Waals surface area contributed by atoms with Crippen molar-refractivity contribution < 1.29 is 4.79 Å². The van der Waals surface area contributed by atoms with Crippen LogP contribution < -0.4 is 5.32 Å². The van der Waals surface area contributed by atoms with Crippen molar-refractivity contribution in [2.45, 2.75) is 44.7 Å². The standard InChI is InChI=1S/C18H26N4OS/c1-6-11-19-15(23)12-24-17-21-20-16(22(17)5)13-7-9-14(10-8-13)18(2,3)4/h7-10H,6,11-12H2,1-5H3,(H,19,23). The van der Waals surface area contributed by atoms with E-state index in [-0.39, 0.29) is 11.3 Å². The summed E-state index contributed by atoms with van der Waals surface area (Å²) < 4.78 is 1.93. The Morgan fingerprint density at radius 2 is 1.88 bits per heavy atom. The second-order valence-corrected chi connectivity index (χ2v) is 7.77. The van der Waals surface area contributed by atoms with Gasteiger partial charge in [0.15, 0.2) is 11.0 Å². The number of carbonyl (C=O) groups is 1. The Balaban J connectivity index is 2.08. The Morgan fingerprint density at radius 1 is 1.21 bits per heavy atom. The molecule has 1 amide bonds. The molecular formula is C18H26N4OS. The largest absolute Gasteiger partial charge is 0.355 e. The predicted molar refractivity (Wildman–Crippen MR) is 99.2 cm³/mol. The summed E-state index contributed by atoms with van der Waals surface area (Å²) in [4.78, 5) is 11.7. The molecule has 1 aromatic carbocycles. The molecule has 0 aliphatic rings. The zero-order valence-corrected chi connectivity index (χ0v) is 15.9. The minimum atomic E-state index is 0.0286. The van der Waals surface area contributed by atoms with Gasteiger partial charge in [0.25, 0.3) is 0 Å². The molecule has 0 unspecified atom stereocenters. The van der Waals surface area contributed by atoms with E-state index < -0.39 is 0 Å².